The number of nitrogens with one attached hydrogen (secondary N) is 1. The third-order valence-corrected chi connectivity index (χ3v) is 2.78. The van der Waals surface area contributed by atoms with Gasteiger partial charge in [-0.15, -0.1) is 0 Å². The number of hydrogen-bond acceptors (Lipinski definition) is 2. The number of hydrogen-bond donors (Lipinski definition) is 1. The van der Waals surface area contributed by atoms with Gasteiger partial charge < -0.3 is 5.32 Å². The van der Waals surface area contributed by atoms with Gasteiger partial charge in [0.15, 0.2) is 0 Å². The van der Waals surface area contributed by atoms with Crippen LogP contribution in [0.4, 0.5) is 0 Å². The number of carbonyl (C=O) groups is 1. The molecule has 0 saturated heterocycles. The number of nitrogens with zero attached hydrogens (tertiary/aromatic N) is 1. The molecule has 1 rings (SSSR count). The molecule has 0 aliphatic carbocycles. The monoisotopic (exact) mass is 244 g/mol. The molecule has 0 heterocycles. The van der Waals surface area contributed by atoms with E-state index in [1.807, 2.05) is 30.3 Å². The summed E-state index contributed by atoms with van der Waals surface area (Å²) in [4.78, 5) is 11.9. The lowest BCUT2D eigenvalue weighted by Gasteiger charge is -2.11. The molecule has 1 aromatic carbocycles. The van der Waals surface area contributed by atoms with Crippen LogP contribution in [0.1, 0.15) is 38.2 Å². The first-order valence-corrected chi connectivity index (χ1v) is 6.37. The topological polar surface area (TPSA) is 52.9 Å². The molecule has 1 atom stereocenters. The van der Waals surface area contributed by atoms with E-state index in [0.717, 1.165) is 18.4 Å². The van der Waals surface area contributed by atoms with Gasteiger partial charge in [-0.3, -0.25) is 4.79 Å². The maximum atomic E-state index is 11.9. The largest absolute Gasteiger partial charge is 0.355 e. The minimum absolute atomic E-state index is 0.201. The highest BCUT2D eigenvalue weighted by Gasteiger charge is 2.18. The van der Waals surface area contributed by atoms with Crippen molar-refractivity contribution in [3.05, 3.63) is 35.9 Å². The summed E-state index contributed by atoms with van der Waals surface area (Å²) in [5.41, 5.74) is 0.751. The van der Waals surface area contributed by atoms with Gasteiger partial charge in [0.1, 0.15) is 5.92 Å². The average Bonchev–Trinajstić information content (AvgIpc) is 2.36. The van der Waals surface area contributed by atoms with Crippen molar-refractivity contribution in [1.29, 1.82) is 5.26 Å². The Bertz CT molecular complexity index is 406. The minimum Gasteiger partial charge on any atom is -0.355 e. The van der Waals surface area contributed by atoms with Gasteiger partial charge in [-0.2, -0.15) is 5.26 Å². The maximum absolute atomic E-state index is 11.9. The Kier molecular flexibility index (Phi) is 5.93. The van der Waals surface area contributed by atoms with Crippen LogP contribution in [0.5, 0.6) is 0 Å². The van der Waals surface area contributed by atoms with Crippen molar-refractivity contribution in [2.75, 3.05) is 6.54 Å². The molecule has 0 fully saturated rings. The van der Waals surface area contributed by atoms with Crippen LogP contribution in [-0.2, 0) is 4.79 Å². The van der Waals surface area contributed by atoms with Crippen molar-refractivity contribution in [1.82, 2.24) is 5.32 Å². The van der Waals surface area contributed by atoms with Gasteiger partial charge in [-0.05, 0) is 24.3 Å². The lowest BCUT2D eigenvalue weighted by Crippen LogP contribution is -2.29. The molecule has 3 nitrogen and oxygen atoms in total. The van der Waals surface area contributed by atoms with E-state index in [2.05, 4.69) is 25.2 Å². The summed E-state index contributed by atoms with van der Waals surface area (Å²) < 4.78 is 0. The van der Waals surface area contributed by atoms with Crippen LogP contribution in [0.3, 0.4) is 0 Å². The molecule has 0 spiro atoms. The average molecular weight is 244 g/mol. The quantitative estimate of drug-likeness (QED) is 0.782. The molecule has 0 radical (unpaired) electrons. The van der Waals surface area contributed by atoms with Crippen LogP contribution in [0, 0.1) is 17.2 Å². The van der Waals surface area contributed by atoms with E-state index >= 15 is 0 Å². The van der Waals surface area contributed by atoms with Gasteiger partial charge in [0, 0.05) is 6.54 Å². The zero-order valence-electron chi connectivity index (χ0n) is 11.0. The predicted molar refractivity (Wildman–Crippen MR) is 71.9 cm³/mol. The van der Waals surface area contributed by atoms with Crippen molar-refractivity contribution in [3.8, 4) is 6.07 Å². The Balaban J connectivity index is 2.47. The number of benzene rings is 1. The first-order chi connectivity index (χ1) is 8.65. The zero-order valence-corrected chi connectivity index (χ0v) is 11.0. The second-order valence-electron chi connectivity index (χ2n) is 4.80. The first-order valence-electron chi connectivity index (χ1n) is 6.37. The Morgan fingerprint density at radius 2 is 2.00 bits per heavy atom. The smallest absolute Gasteiger partial charge is 0.241 e. The number of carbonyl (C=O) groups excluding carboxylic acids is 1. The van der Waals surface area contributed by atoms with E-state index in [0.29, 0.717) is 12.5 Å². The number of nitriles is 1. The van der Waals surface area contributed by atoms with Gasteiger partial charge in [0.05, 0.1) is 6.07 Å². The Labute approximate surface area is 109 Å². The number of rotatable bonds is 6. The van der Waals surface area contributed by atoms with E-state index in [4.69, 9.17) is 5.26 Å². The second kappa shape index (κ2) is 7.50. The fraction of sp³-hybridized carbons (Fsp3) is 0.467. The molecule has 18 heavy (non-hydrogen) atoms. The highest BCUT2D eigenvalue weighted by atomic mass is 16.1. The molecule has 96 valence electrons. The van der Waals surface area contributed by atoms with Gasteiger partial charge in [-0.1, -0.05) is 44.2 Å². The van der Waals surface area contributed by atoms with Crippen molar-refractivity contribution < 1.29 is 4.79 Å². The van der Waals surface area contributed by atoms with E-state index < -0.39 is 5.92 Å². The highest BCUT2D eigenvalue weighted by molar-refractivity contribution is 5.86. The third kappa shape index (κ3) is 4.58. The van der Waals surface area contributed by atoms with Crippen molar-refractivity contribution in [2.45, 2.75) is 32.6 Å². The fourth-order valence-electron chi connectivity index (χ4n) is 1.75. The Hall–Kier alpha value is -1.82. The molecule has 1 aromatic rings. The summed E-state index contributed by atoms with van der Waals surface area (Å²) in [6, 6.07) is 11.2. The van der Waals surface area contributed by atoms with Gasteiger partial charge >= 0.3 is 0 Å². The van der Waals surface area contributed by atoms with E-state index in [1.165, 1.54) is 0 Å². The van der Waals surface area contributed by atoms with Gasteiger partial charge in [0.2, 0.25) is 5.91 Å². The Morgan fingerprint density at radius 3 is 2.56 bits per heavy atom. The molecule has 0 aliphatic rings. The molecule has 1 unspecified atom stereocenters. The van der Waals surface area contributed by atoms with E-state index in [1.54, 1.807) is 0 Å². The lowest BCUT2D eigenvalue weighted by atomic mass is 10.00. The summed E-state index contributed by atoms with van der Waals surface area (Å²) >= 11 is 0. The standard InChI is InChI=1S/C15H20N2O/c1-12(2)7-6-10-17-15(18)14(11-16)13-8-4-3-5-9-13/h3-5,8-9,12,14H,6-7,10H2,1-2H3,(H,17,18). The first kappa shape index (κ1) is 14.2. The molecule has 0 aromatic heterocycles. The molecule has 1 N–H and O–H groups in total. The van der Waals surface area contributed by atoms with Crippen LogP contribution < -0.4 is 5.32 Å². The SMILES string of the molecule is CC(C)CCCNC(=O)C(C#N)c1ccccc1. The Morgan fingerprint density at radius 1 is 1.33 bits per heavy atom. The highest BCUT2D eigenvalue weighted by Crippen LogP contribution is 2.14. The molecular weight excluding hydrogens is 224 g/mol. The normalized spacial score (nSPS) is 11.9. The third-order valence-electron chi connectivity index (χ3n) is 2.78. The lowest BCUT2D eigenvalue weighted by molar-refractivity contribution is -0.121. The second-order valence-corrected chi connectivity index (χ2v) is 4.80. The van der Waals surface area contributed by atoms with Crippen LogP contribution in [0.15, 0.2) is 30.3 Å². The molecule has 0 saturated carbocycles. The molecule has 0 bridgehead atoms. The van der Waals surface area contributed by atoms with E-state index in [-0.39, 0.29) is 5.91 Å². The minimum atomic E-state index is -0.703. The molecule has 1 amide bonds. The van der Waals surface area contributed by atoms with Crippen LogP contribution in [0.2, 0.25) is 0 Å². The summed E-state index contributed by atoms with van der Waals surface area (Å²) in [7, 11) is 0. The van der Waals surface area contributed by atoms with Crippen LogP contribution in [-0.4, -0.2) is 12.5 Å². The molecular formula is C15H20N2O. The van der Waals surface area contributed by atoms with Crippen molar-refractivity contribution >= 4 is 5.91 Å². The summed E-state index contributed by atoms with van der Waals surface area (Å²) in [5, 5.41) is 11.9. The van der Waals surface area contributed by atoms with Crippen LogP contribution >= 0.6 is 0 Å². The van der Waals surface area contributed by atoms with Gasteiger partial charge in [-0.25, -0.2) is 0 Å². The van der Waals surface area contributed by atoms with Gasteiger partial charge in [0.25, 0.3) is 0 Å². The van der Waals surface area contributed by atoms with Crippen molar-refractivity contribution in [3.63, 3.8) is 0 Å². The zero-order chi connectivity index (χ0) is 13.4. The van der Waals surface area contributed by atoms with E-state index in [9.17, 15) is 4.79 Å². The summed E-state index contributed by atoms with van der Waals surface area (Å²) in [6.45, 7) is 4.95. The van der Waals surface area contributed by atoms with Crippen molar-refractivity contribution in [2.24, 2.45) is 5.92 Å². The van der Waals surface area contributed by atoms with Crippen LogP contribution in [0.25, 0.3) is 0 Å². The maximum Gasteiger partial charge on any atom is 0.241 e. The molecule has 0 aliphatic heterocycles. The fourth-order valence-corrected chi connectivity index (χ4v) is 1.75. The summed E-state index contributed by atoms with van der Waals surface area (Å²) in [5.74, 6) is -0.263. The number of amides is 1. The summed E-state index contributed by atoms with van der Waals surface area (Å²) in [6.07, 6.45) is 2.04. The molecule has 3 heteroatoms. The predicted octanol–water partition coefficient (Wildman–Crippen LogP) is 2.85.